The molecule has 1 aromatic heterocycles. The van der Waals surface area contributed by atoms with Crippen LogP contribution in [0.25, 0.3) is 0 Å². The van der Waals surface area contributed by atoms with Crippen LogP contribution in [-0.2, 0) is 58.3 Å². The molecular weight excluding hydrogens is 685 g/mol. The van der Waals surface area contributed by atoms with E-state index in [2.05, 4.69) is 35.3 Å². The van der Waals surface area contributed by atoms with E-state index in [1.165, 1.54) is 0 Å². The number of rotatable bonds is 26. The molecule has 0 fully saturated rings. The van der Waals surface area contributed by atoms with Crippen molar-refractivity contribution in [3.8, 4) is 10.4 Å². The van der Waals surface area contributed by atoms with Crippen LogP contribution in [-0.4, -0.2) is 65.6 Å². The monoisotopic (exact) mass is 722 g/mol. The number of hydrogen-bond donors (Lipinski definition) is 2. The van der Waals surface area contributed by atoms with Crippen molar-refractivity contribution in [1.29, 1.82) is 0 Å². The molecule has 0 saturated carbocycles. The number of nitrogens with zero attached hydrogens (tertiary/aromatic N) is 2. The van der Waals surface area contributed by atoms with Gasteiger partial charge in [-0.2, -0.15) is 33.7 Å². The minimum Gasteiger partial charge on any atom is -0.329 e. The van der Waals surface area contributed by atoms with Crippen molar-refractivity contribution in [1.82, 2.24) is 10.2 Å². The predicted octanol–water partition coefficient (Wildman–Crippen LogP) is 3.61. The Labute approximate surface area is 256 Å². The number of unbranched alkanes of at least 4 members (excludes halogenated alkanes) is 10. The standard InChI is InChI=1S/C20H38N2O16S5/c1-3-5-7-9-11-13-15-17(33-40(23,24)25)35-42(29,30)37-19-21-22-20(39-19)38-43(31,32)36-18(34-41(26,27)28)16-14-12-10-8-6-4-2/h17-18H,3-16H2,1-2H3,(H,23,24,25)(H,26,27,28). The van der Waals surface area contributed by atoms with Gasteiger partial charge in [-0.15, -0.1) is 0 Å². The van der Waals surface area contributed by atoms with Crippen molar-refractivity contribution >= 4 is 52.9 Å². The maximum absolute atomic E-state index is 12.3. The molecule has 1 rings (SSSR count). The fourth-order valence-electron chi connectivity index (χ4n) is 3.42. The van der Waals surface area contributed by atoms with Gasteiger partial charge in [0.1, 0.15) is 0 Å². The summed E-state index contributed by atoms with van der Waals surface area (Å²) in [6.45, 7) is 4.04. The quantitative estimate of drug-likeness (QED) is 0.0786. The van der Waals surface area contributed by atoms with E-state index in [1.54, 1.807) is 0 Å². The van der Waals surface area contributed by atoms with Crippen molar-refractivity contribution in [3.05, 3.63) is 0 Å². The van der Waals surface area contributed by atoms with Gasteiger partial charge < -0.3 is 8.37 Å². The van der Waals surface area contributed by atoms with Crippen molar-refractivity contribution in [3.63, 3.8) is 0 Å². The molecule has 2 unspecified atom stereocenters. The summed E-state index contributed by atoms with van der Waals surface area (Å²) in [6, 6.07) is 0. The molecule has 0 aliphatic heterocycles. The molecule has 0 spiro atoms. The fraction of sp³-hybridized carbons (Fsp3) is 0.900. The Balaban J connectivity index is 2.79. The van der Waals surface area contributed by atoms with Crippen LogP contribution in [0.1, 0.15) is 104 Å². The molecule has 0 amide bonds. The summed E-state index contributed by atoms with van der Waals surface area (Å²) >= 11 is 0.123. The zero-order chi connectivity index (χ0) is 32.6. The highest BCUT2D eigenvalue weighted by Crippen LogP contribution is 2.28. The topological polar surface area (TPSA) is 258 Å². The third-order valence-corrected chi connectivity index (χ3v) is 8.66. The van der Waals surface area contributed by atoms with E-state index in [1.807, 2.05) is 13.8 Å². The first-order valence-electron chi connectivity index (χ1n) is 13.3. The summed E-state index contributed by atoms with van der Waals surface area (Å²) in [5.41, 5.74) is 0. The van der Waals surface area contributed by atoms with E-state index >= 15 is 0 Å². The van der Waals surface area contributed by atoms with Crippen molar-refractivity contribution in [2.75, 3.05) is 0 Å². The summed E-state index contributed by atoms with van der Waals surface area (Å²) in [4.78, 5) is 0. The van der Waals surface area contributed by atoms with Crippen LogP contribution >= 0.6 is 11.3 Å². The summed E-state index contributed by atoms with van der Waals surface area (Å²) in [5.74, 6) is 0. The fourth-order valence-corrected chi connectivity index (χ4v) is 6.71. The predicted molar refractivity (Wildman–Crippen MR) is 150 cm³/mol. The normalized spacial score (nSPS) is 14.4. The van der Waals surface area contributed by atoms with E-state index < -0.39 is 64.6 Å². The van der Waals surface area contributed by atoms with E-state index in [4.69, 9.17) is 9.11 Å². The molecule has 1 heterocycles. The molecule has 2 N–H and O–H groups in total. The molecular formula is C20H38N2O16S5. The minimum absolute atomic E-state index is 0.123. The van der Waals surface area contributed by atoms with Crippen molar-refractivity contribution in [2.45, 2.75) is 116 Å². The van der Waals surface area contributed by atoms with Gasteiger partial charge in [0.15, 0.2) is 12.6 Å². The second kappa shape index (κ2) is 19.3. The number of aromatic nitrogens is 2. The van der Waals surface area contributed by atoms with Crippen molar-refractivity contribution in [2.24, 2.45) is 0 Å². The Hall–Kier alpha value is -1.28. The third kappa shape index (κ3) is 21.2. The van der Waals surface area contributed by atoms with Crippen LogP contribution in [0, 0.1) is 0 Å². The highest BCUT2D eigenvalue weighted by Gasteiger charge is 2.30. The largest absolute Gasteiger partial charge is 0.453 e. The maximum atomic E-state index is 12.3. The van der Waals surface area contributed by atoms with Crippen molar-refractivity contribution < 1.29 is 67.9 Å². The molecule has 0 bridgehead atoms. The van der Waals surface area contributed by atoms with Gasteiger partial charge in [-0.05, 0) is 24.2 Å². The zero-order valence-electron chi connectivity index (χ0n) is 23.6. The summed E-state index contributed by atoms with van der Waals surface area (Å²) < 4.78 is 138. The minimum atomic E-state index is -5.10. The third-order valence-electron chi connectivity index (χ3n) is 5.23. The molecule has 254 valence electrons. The van der Waals surface area contributed by atoms with Gasteiger partial charge in [0.25, 0.3) is 0 Å². The van der Waals surface area contributed by atoms with Gasteiger partial charge >= 0.3 is 52.0 Å². The van der Waals surface area contributed by atoms with E-state index in [0.29, 0.717) is 12.8 Å². The SMILES string of the molecule is CCCCCCCCC(OS(=O)(=O)O)OS(=O)(=O)Oc1nnc(OS(=O)(=O)OC(CCCCCCCC)OS(=O)(=O)O)s1. The Kier molecular flexibility index (Phi) is 17.8. The average Bonchev–Trinajstić information content (AvgIpc) is 3.25. The van der Waals surface area contributed by atoms with Crippen LogP contribution in [0.3, 0.4) is 0 Å². The van der Waals surface area contributed by atoms with Gasteiger partial charge in [0, 0.05) is 12.8 Å². The summed E-state index contributed by atoms with van der Waals surface area (Å²) in [7, 11) is -20.4. The second-order valence-electron chi connectivity index (χ2n) is 9.03. The van der Waals surface area contributed by atoms with E-state index in [9.17, 15) is 33.7 Å². The molecule has 23 heteroatoms. The lowest BCUT2D eigenvalue weighted by Gasteiger charge is -2.15. The van der Waals surface area contributed by atoms with E-state index in [-0.39, 0.29) is 37.0 Å². The Bertz CT molecular complexity index is 1260. The van der Waals surface area contributed by atoms with E-state index in [0.717, 1.165) is 51.4 Å². The average molecular weight is 723 g/mol. The molecule has 2 atom stereocenters. The first-order chi connectivity index (χ1) is 19.9. The van der Waals surface area contributed by atoms with Gasteiger partial charge in [-0.1, -0.05) is 88.3 Å². The molecule has 0 aliphatic carbocycles. The Morgan fingerprint density at radius 2 is 0.884 bits per heavy atom. The summed E-state index contributed by atoms with van der Waals surface area (Å²) in [6.07, 6.45) is 4.68. The zero-order valence-corrected chi connectivity index (χ0v) is 27.7. The highest BCUT2D eigenvalue weighted by molar-refractivity contribution is 7.83. The van der Waals surface area contributed by atoms with Gasteiger partial charge in [0.05, 0.1) is 0 Å². The Morgan fingerprint density at radius 3 is 1.21 bits per heavy atom. The molecule has 43 heavy (non-hydrogen) atoms. The molecule has 0 aliphatic rings. The highest BCUT2D eigenvalue weighted by atomic mass is 32.3. The first-order valence-corrected chi connectivity index (χ1v) is 19.5. The van der Waals surface area contributed by atoms with Gasteiger partial charge in [0.2, 0.25) is 0 Å². The molecule has 0 saturated heterocycles. The van der Waals surface area contributed by atoms with Crippen LogP contribution in [0.2, 0.25) is 0 Å². The van der Waals surface area contributed by atoms with Crippen LogP contribution in [0.15, 0.2) is 0 Å². The molecule has 0 aromatic carbocycles. The summed E-state index contributed by atoms with van der Waals surface area (Å²) in [5, 5.41) is 4.84. The lowest BCUT2D eigenvalue weighted by molar-refractivity contribution is -0.00800. The molecule has 18 nitrogen and oxygen atoms in total. The smallest absolute Gasteiger partial charge is 0.329 e. The number of hydrogen-bond acceptors (Lipinski definition) is 17. The van der Waals surface area contributed by atoms with Crippen LogP contribution < -0.4 is 8.37 Å². The van der Waals surface area contributed by atoms with Crippen LogP contribution in [0.5, 0.6) is 10.4 Å². The first kappa shape index (κ1) is 39.7. The molecule has 1 aromatic rings. The maximum Gasteiger partial charge on any atom is 0.453 e. The Morgan fingerprint density at radius 1 is 0.558 bits per heavy atom. The van der Waals surface area contributed by atoms with Gasteiger partial charge in [-0.25, -0.2) is 16.7 Å². The van der Waals surface area contributed by atoms with Crippen LogP contribution in [0.4, 0.5) is 0 Å². The lowest BCUT2D eigenvalue weighted by Crippen LogP contribution is -2.27. The van der Waals surface area contributed by atoms with Gasteiger partial charge in [-0.3, -0.25) is 9.11 Å². The molecule has 0 radical (unpaired) electrons. The second-order valence-corrected chi connectivity index (χ2v) is 14.4. The lowest BCUT2D eigenvalue weighted by atomic mass is 10.1.